The summed E-state index contributed by atoms with van der Waals surface area (Å²) in [6, 6.07) is 24.0. The maximum absolute atomic E-state index is 10.5. The van der Waals surface area contributed by atoms with Gasteiger partial charge < -0.3 is 20.1 Å². The fourth-order valence-corrected chi connectivity index (χ4v) is 6.34. The molecule has 0 saturated carbocycles. The molecular formula is C36H35ClN6O8S3. The number of aromatic nitrogens is 3. The number of hydrogen-bond donors (Lipinski definition) is 4. The summed E-state index contributed by atoms with van der Waals surface area (Å²) in [7, 11) is -8.04. The first-order valence-corrected chi connectivity index (χ1v) is 20.2. The molecular weight excluding hydrogens is 776 g/mol. The molecule has 0 bridgehead atoms. The van der Waals surface area contributed by atoms with Crippen molar-refractivity contribution in [3.05, 3.63) is 124 Å². The Bertz CT molecular complexity index is 2380. The van der Waals surface area contributed by atoms with Gasteiger partial charge in [0.15, 0.2) is 0 Å². The summed E-state index contributed by atoms with van der Waals surface area (Å²) in [5.41, 5.74) is 4.35. The van der Waals surface area contributed by atoms with E-state index in [-0.39, 0.29) is 15.8 Å². The van der Waals surface area contributed by atoms with E-state index in [0.29, 0.717) is 35.8 Å². The molecule has 1 atom stereocenters. The van der Waals surface area contributed by atoms with Crippen LogP contribution in [-0.2, 0) is 31.6 Å². The van der Waals surface area contributed by atoms with Gasteiger partial charge in [0.25, 0.3) is 26.3 Å². The van der Waals surface area contributed by atoms with Crippen LogP contribution in [0.1, 0.15) is 23.1 Å². The van der Waals surface area contributed by atoms with Crippen LogP contribution >= 0.6 is 22.9 Å². The van der Waals surface area contributed by atoms with Crippen LogP contribution in [0, 0.1) is 13.8 Å². The van der Waals surface area contributed by atoms with Crippen molar-refractivity contribution in [3.63, 3.8) is 0 Å². The van der Waals surface area contributed by atoms with Crippen LogP contribution in [-0.4, -0.2) is 59.6 Å². The molecule has 4 N–H and O–H groups in total. The van der Waals surface area contributed by atoms with Crippen LogP contribution in [0.5, 0.6) is 5.75 Å². The number of benzene rings is 4. The number of aryl methyl sites for hydroxylation is 2. The largest absolute Gasteiger partial charge is 0.485 e. The first-order chi connectivity index (χ1) is 25.6. The molecule has 0 amide bonds. The first-order valence-electron chi connectivity index (χ1n) is 16.0. The van der Waals surface area contributed by atoms with Gasteiger partial charge in [-0.05, 0) is 81.4 Å². The normalized spacial score (nSPS) is 13.7. The van der Waals surface area contributed by atoms with E-state index in [2.05, 4.69) is 30.6 Å². The van der Waals surface area contributed by atoms with E-state index in [1.807, 2.05) is 56.5 Å². The number of anilines is 3. The van der Waals surface area contributed by atoms with Crippen LogP contribution in [0.3, 0.4) is 0 Å². The van der Waals surface area contributed by atoms with E-state index in [1.165, 1.54) is 41.9 Å². The number of rotatable bonds is 8. The van der Waals surface area contributed by atoms with Crippen molar-refractivity contribution in [1.29, 1.82) is 0 Å². The molecule has 2 aromatic heterocycles. The lowest BCUT2D eigenvalue weighted by atomic mass is 10.2. The molecule has 3 heterocycles. The average molecular weight is 811 g/mol. The standard InChI is InChI=1S/C22H19ClN6O2S.2C7H8O3S/c1-13-10-31-22(27-13)29-14-2-4-18-16(8-14)21(26-12-25-18)28-15-3-5-19(17(23)9-15)30-11-20-24-6-7-32-20;2*1-6-2-4-7(5-3-6)11(8,9)10/h2-9,12-13H,10-11H2,1H3,(H,27,29)(H,25,26,28);2*2-5H,1H3,(H,8,9,10). The van der Waals surface area contributed by atoms with Gasteiger partial charge in [-0.3, -0.25) is 9.11 Å². The second kappa shape index (κ2) is 17.8. The number of aliphatic imine (C=N–C) groups is 1. The minimum atomic E-state index is -4.02. The lowest BCUT2D eigenvalue weighted by Gasteiger charge is -2.12. The van der Waals surface area contributed by atoms with Gasteiger partial charge >= 0.3 is 0 Å². The molecule has 18 heteroatoms. The number of amidine groups is 1. The molecule has 0 fully saturated rings. The summed E-state index contributed by atoms with van der Waals surface area (Å²) in [5.74, 6) is 1.26. The Morgan fingerprint density at radius 2 is 1.44 bits per heavy atom. The minimum Gasteiger partial charge on any atom is -0.485 e. The zero-order valence-corrected chi connectivity index (χ0v) is 32.2. The van der Waals surface area contributed by atoms with E-state index in [9.17, 15) is 16.8 Å². The van der Waals surface area contributed by atoms with Gasteiger partial charge in [0.05, 0.1) is 26.4 Å². The highest BCUT2D eigenvalue weighted by Gasteiger charge is 2.15. The van der Waals surface area contributed by atoms with Crippen LogP contribution in [0.2, 0.25) is 5.02 Å². The van der Waals surface area contributed by atoms with Crippen molar-refractivity contribution in [2.75, 3.05) is 17.2 Å². The number of nitrogens with one attached hydrogen (secondary N) is 2. The van der Waals surface area contributed by atoms with Crippen molar-refractivity contribution < 1.29 is 35.4 Å². The van der Waals surface area contributed by atoms with Gasteiger partial charge in [-0.1, -0.05) is 47.0 Å². The summed E-state index contributed by atoms with van der Waals surface area (Å²) >= 11 is 7.97. The van der Waals surface area contributed by atoms with Crippen LogP contribution in [0.4, 0.5) is 17.2 Å². The van der Waals surface area contributed by atoms with Crippen molar-refractivity contribution in [1.82, 2.24) is 15.0 Å². The monoisotopic (exact) mass is 810 g/mol. The number of halogens is 1. The second-order valence-electron chi connectivity index (χ2n) is 11.7. The summed E-state index contributed by atoms with van der Waals surface area (Å²) in [6.45, 7) is 6.65. The van der Waals surface area contributed by atoms with Gasteiger partial charge in [-0.25, -0.2) is 19.9 Å². The molecule has 1 aliphatic heterocycles. The van der Waals surface area contributed by atoms with E-state index in [0.717, 1.165) is 38.4 Å². The van der Waals surface area contributed by atoms with Crippen molar-refractivity contribution in [2.45, 2.75) is 43.2 Å². The molecule has 54 heavy (non-hydrogen) atoms. The molecule has 4 aromatic carbocycles. The first kappa shape index (κ1) is 40.0. The Kier molecular flexibility index (Phi) is 13.2. The van der Waals surface area contributed by atoms with Gasteiger partial charge in [0.1, 0.15) is 36.1 Å². The topological polar surface area (TPSA) is 202 Å². The zero-order valence-electron chi connectivity index (χ0n) is 29.0. The Morgan fingerprint density at radius 3 is 1.98 bits per heavy atom. The Balaban J connectivity index is 0.000000208. The highest BCUT2D eigenvalue weighted by Crippen LogP contribution is 2.32. The van der Waals surface area contributed by atoms with Gasteiger partial charge in [-0.15, -0.1) is 11.3 Å². The molecule has 14 nitrogen and oxygen atoms in total. The molecule has 6 aromatic rings. The number of thiazole rings is 1. The summed E-state index contributed by atoms with van der Waals surface area (Å²) in [5, 5.41) is 10.7. The van der Waals surface area contributed by atoms with Gasteiger partial charge in [0, 0.05) is 28.3 Å². The Morgan fingerprint density at radius 1 is 0.833 bits per heavy atom. The molecule has 282 valence electrons. The van der Waals surface area contributed by atoms with Crippen molar-refractivity contribution >= 4 is 77.3 Å². The smallest absolute Gasteiger partial charge is 0.294 e. The quantitative estimate of drug-likeness (QED) is 0.109. The Labute approximate surface area is 321 Å². The Hall–Kier alpha value is -5.17. The third-order valence-electron chi connectivity index (χ3n) is 7.35. The highest BCUT2D eigenvalue weighted by atomic mass is 35.5. The molecule has 7 rings (SSSR count). The number of nitrogens with zero attached hydrogens (tertiary/aromatic N) is 4. The molecule has 1 aliphatic rings. The fraction of sp³-hybridized carbons (Fsp3) is 0.167. The predicted octanol–water partition coefficient (Wildman–Crippen LogP) is 7.73. The number of fused-ring (bicyclic) bond motifs is 1. The van der Waals surface area contributed by atoms with Crippen molar-refractivity contribution in [2.24, 2.45) is 4.99 Å². The molecule has 1 unspecified atom stereocenters. The second-order valence-corrected chi connectivity index (χ2v) is 16.0. The molecule has 0 radical (unpaired) electrons. The maximum atomic E-state index is 10.5. The molecule has 0 saturated heterocycles. The molecule has 0 spiro atoms. The van der Waals surface area contributed by atoms with E-state index >= 15 is 0 Å². The lowest BCUT2D eigenvalue weighted by molar-refractivity contribution is 0.306. The fourth-order valence-electron chi connectivity index (χ4n) is 4.62. The van der Waals surface area contributed by atoms with Crippen LogP contribution in [0.25, 0.3) is 10.9 Å². The lowest BCUT2D eigenvalue weighted by Crippen LogP contribution is -2.11. The highest BCUT2D eigenvalue weighted by molar-refractivity contribution is 7.86. The summed E-state index contributed by atoms with van der Waals surface area (Å²) in [6.07, 6.45) is 3.27. The van der Waals surface area contributed by atoms with Gasteiger partial charge in [0.2, 0.25) is 0 Å². The van der Waals surface area contributed by atoms with Crippen LogP contribution < -0.4 is 15.4 Å². The number of ether oxygens (including phenoxy) is 2. The minimum absolute atomic E-state index is 0.0666. The predicted molar refractivity (Wildman–Crippen MR) is 209 cm³/mol. The average Bonchev–Trinajstić information content (AvgIpc) is 3.80. The maximum Gasteiger partial charge on any atom is 0.294 e. The molecule has 0 aliphatic carbocycles. The SMILES string of the molecule is CC1COC(Nc2ccc3ncnc(Nc4ccc(OCc5nccs5)c(Cl)c4)c3c2)=N1.Cc1ccc(S(=O)(=O)O)cc1.Cc1ccc(S(=O)(=O)O)cc1. The van der Waals surface area contributed by atoms with E-state index in [4.69, 9.17) is 30.2 Å². The van der Waals surface area contributed by atoms with Gasteiger partial charge in [-0.2, -0.15) is 16.8 Å². The summed E-state index contributed by atoms with van der Waals surface area (Å²) < 4.78 is 70.4. The van der Waals surface area contributed by atoms with E-state index in [1.54, 1.807) is 36.5 Å². The van der Waals surface area contributed by atoms with Crippen LogP contribution in [0.15, 0.2) is 118 Å². The third kappa shape index (κ3) is 11.7. The number of hydrogen-bond acceptors (Lipinski definition) is 13. The zero-order chi connectivity index (χ0) is 38.9. The third-order valence-corrected chi connectivity index (χ3v) is 10.1. The summed E-state index contributed by atoms with van der Waals surface area (Å²) in [4.78, 5) is 17.3. The van der Waals surface area contributed by atoms with Crippen molar-refractivity contribution in [3.8, 4) is 5.75 Å². The van der Waals surface area contributed by atoms with E-state index < -0.39 is 20.2 Å².